The Morgan fingerprint density at radius 3 is 2.57 bits per heavy atom. The Labute approximate surface area is 134 Å². The van der Waals surface area contributed by atoms with Crippen molar-refractivity contribution in [2.24, 2.45) is 0 Å². The minimum atomic E-state index is -0.123. The molecule has 2 rings (SSSR count). The fourth-order valence-electron chi connectivity index (χ4n) is 2.06. The van der Waals surface area contributed by atoms with E-state index in [2.05, 4.69) is 0 Å². The zero-order valence-corrected chi connectivity index (χ0v) is 13.4. The Bertz CT molecular complexity index is 686. The van der Waals surface area contributed by atoms with E-state index < -0.39 is 0 Å². The van der Waals surface area contributed by atoms with Crippen molar-refractivity contribution < 1.29 is 4.79 Å². The molecule has 0 fully saturated rings. The van der Waals surface area contributed by atoms with Crippen LogP contribution in [0.4, 0.5) is 5.69 Å². The number of hydrogen-bond donors (Lipinski definition) is 1. The third-order valence-electron chi connectivity index (χ3n) is 3.30. The van der Waals surface area contributed by atoms with Crippen LogP contribution in [0.15, 0.2) is 36.4 Å². The molecule has 5 heteroatoms. The number of rotatable bonds is 3. The van der Waals surface area contributed by atoms with Gasteiger partial charge in [0.2, 0.25) is 0 Å². The largest absolute Gasteiger partial charge is 0.398 e. The number of nitrogen functional groups attached to an aromatic ring is 1. The lowest BCUT2D eigenvalue weighted by Crippen LogP contribution is -2.27. The van der Waals surface area contributed by atoms with E-state index in [9.17, 15) is 4.79 Å². The fraction of sp³-hybridized carbons (Fsp3) is 0.188. The van der Waals surface area contributed by atoms with E-state index in [1.54, 1.807) is 30.1 Å². The van der Waals surface area contributed by atoms with Crippen molar-refractivity contribution in [1.82, 2.24) is 4.90 Å². The Balaban J connectivity index is 2.19. The Morgan fingerprint density at radius 2 is 1.90 bits per heavy atom. The van der Waals surface area contributed by atoms with Crippen LogP contribution in [-0.4, -0.2) is 17.9 Å². The predicted octanol–water partition coefficient (Wildman–Crippen LogP) is 4.16. The first-order valence-corrected chi connectivity index (χ1v) is 7.20. The van der Waals surface area contributed by atoms with Crippen molar-refractivity contribution in [1.29, 1.82) is 0 Å². The summed E-state index contributed by atoms with van der Waals surface area (Å²) in [5.41, 5.74) is 8.80. The number of carbonyl (C=O) groups is 1. The fourth-order valence-corrected chi connectivity index (χ4v) is 2.38. The molecule has 0 saturated carbocycles. The molecule has 0 spiro atoms. The summed E-state index contributed by atoms with van der Waals surface area (Å²) < 4.78 is 0. The molecule has 0 unspecified atom stereocenters. The molecule has 0 heterocycles. The van der Waals surface area contributed by atoms with Gasteiger partial charge in [-0.2, -0.15) is 0 Å². The first-order valence-electron chi connectivity index (χ1n) is 6.44. The van der Waals surface area contributed by atoms with E-state index in [0.29, 0.717) is 27.8 Å². The van der Waals surface area contributed by atoms with Crippen molar-refractivity contribution in [3.8, 4) is 0 Å². The highest BCUT2D eigenvalue weighted by atomic mass is 35.5. The van der Waals surface area contributed by atoms with Gasteiger partial charge in [-0.25, -0.2) is 0 Å². The van der Waals surface area contributed by atoms with Crippen LogP contribution in [0.5, 0.6) is 0 Å². The predicted molar refractivity (Wildman–Crippen MR) is 87.9 cm³/mol. The summed E-state index contributed by atoms with van der Waals surface area (Å²) in [5, 5.41) is 0.974. The van der Waals surface area contributed by atoms with Gasteiger partial charge < -0.3 is 10.6 Å². The molecular weight excluding hydrogens is 307 g/mol. The van der Waals surface area contributed by atoms with Gasteiger partial charge in [0.15, 0.2) is 0 Å². The summed E-state index contributed by atoms with van der Waals surface area (Å²) >= 11 is 11.9. The van der Waals surface area contributed by atoms with Gasteiger partial charge >= 0.3 is 0 Å². The number of nitrogens with two attached hydrogens (primary N) is 1. The van der Waals surface area contributed by atoms with Gasteiger partial charge in [-0.3, -0.25) is 4.79 Å². The molecule has 0 aliphatic heterocycles. The third kappa shape index (κ3) is 3.49. The van der Waals surface area contributed by atoms with Crippen molar-refractivity contribution in [3.05, 3.63) is 63.1 Å². The van der Waals surface area contributed by atoms with Gasteiger partial charge in [0.1, 0.15) is 0 Å². The zero-order chi connectivity index (χ0) is 15.6. The molecule has 0 aliphatic carbocycles. The van der Waals surface area contributed by atoms with E-state index in [1.165, 1.54) is 0 Å². The lowest BCUT2D eigenvalue weighted by Gasteiger charge is -2.19. The average molecular weight is 323 g/mol. The second kappa shape index (κ2) is 6.37. The quantitative estimate of drug-likeness (QED) is 0.862. The molecule has 110 valence electrons. The SMILES string of the molecule is Cc1cccc(C(=O)N(C)Cc2ccc(Cl)c(Cl)c2)c1N. The lowest BCUT2D eigenvalue weighted by atomic mass is 10.1. The van der Waals surface area contributed by atoms with Crippen molar-refractivity contribution >= 4 is 34.8 Å². The van der Waals surface area contributed by atoms with E-state index in [0.717, 1.165) is 11.1 Å². The summed E-state index contributed by atoms with van der Waals surface area (Å²) in [6.07, 6.45) is 0. The number of amides is 1. The maximum Gasteiger partial charge on any atom is 0.255 e. The molecule has 2 N–H and O–H groups in total. The molecule has 2 aromatic rings. The second-order valence-electron chi connectivity index (χ2n) is 4.95. The van der Waals surface area contributed by atoms with Crippen LogP contribution in [0.25, 0.3) is 0 Å². The van der Waals surface area contributed by atoms with E-state index in [1.807, 2.05) is 25.1 Å². The minimum absolute atomic E-state index is 0.123. The van der Waals surface area contributed by atoms with Crippen LogP contribution in [0.2, 0.25) is 10.0 Å². The standard InChI is InChI=1S/C16H16Cl2N2O/c1-10-4-3-5-12(15(10)19)16(21)20(2)9-11-6-7-13(17)14(18)8-11/h3-8H,9,19H2,1-2H3. The second-order valence-corrected chi connectivity index (χ2v) is 5.76. The van der Waals surface area contributed by atoms with E-state index in [4.69, 9.17) is 28.9 Å². The van der Waals surface area contributed by atoms with Crippen LogP contribution >= 0.6 is 23.2 Å². The van der Waals surface area contributed by atoms with E-state index >= 15 is 0 Å². The summed E-state index contributed by atoms with van der Waals surface area (Å²) in [4.78, 5) is 14.1. The van der Waals surface area contributed by atoms with Gasteiger partial charge in [0.25, 0.3) is 5.91 Å². The maximum atomic E-state index is 12.5. The number of benzene rings is 2. The van der Waals surface area contributed by atoms with Gasteiger partial charge in [0.05, 0.1) is 15.6 Å². The number of aryl methyl sites for hydroxylation is 1. The van der Waals surface area contributed by atoms with Crippen LogP contribution < -0.4 is 5.73 Å². The highest BCUT2D eigenvalue weighted by Crippen LogP contribution is 2.24. The molecule has 3 nitrogen and oxygen atoms in total. The topological polar surface area (TPSA) is 46.3 Å². The number of para-hydroxylation sites is 1. The number of anilines is 1. The molecule has 0 saturated heterocycles. The van der Waals surface area contributed by atoms with E-state index in [-0.39, 0.29) is 5.91 Å². The highest BCUT2D eigenvalue weighted by Gasteiger charge is 2.16. The van der Waals surface area contributed by atoms with Crippen molar-refractivity contribution in [2.45, 2.75) is 13.5 Å². The molecule has 1 amide bonds. The normalized spacial score (nSPS) is 10.5. The Morgan fingerprint density at radius 1 is 1.19 bits per heavy atom. The molecule has 0 bridgehead atoms. The molecular formula is C16H16Cl2N2O. The number of hydrogen-bond acceptors (Lipinski definition) is 2. The van der Waals surface area contributed by atoms with Crippen LogP contribution in [0, 0.1) is 6.92 Å². The summed E-state index contributed by atoms with van der Waals surface area (Å²) in [6, 6.07) is 10.8. The Hall–Kier alpha value is -1.71. The Kier molecular flexibility index (Phi) is 4.76. The number of nitrogens with zero attached hydrogens (tertiary/aromatic N) is 1. The monoisotopic (exact) mass is 322 g/mol. The maximum absolute atomic E-state index is 12.5. The summed E-state index contributed by atoms with van der Waals surface area (Å²) in [7, 11) is 1.73. The molecule has 0 atom stereocenters. The van der Waals surface area contributed by atoms with Crippen LogP contribution in [-0.2, 0) is 6.54 Å². The third-order valence-corrected chi connectivity index (χ3v) is 4.04. The highest BCUT2D eigenvalue weighted by molar-refractivity contribution is 6.42. The smallest absolute Gasteiger partial charge is 0.255 e. The summed E-state index contributed by atoms with van der Waals surface area (Å²) in [5.74, 6) is -0.123. The van der Waals surface area contributed by atoms with Gasteiger partial charge in [-0.15, -0.1) is 0 Å². The lowest BCUT2D eigenvalue weighted by molar-refractivity contribution is 0.0786. The van der Waals surface area contributed by atoms with Crippen molar-refractivity contribution in [2.75, 3.05) is 12.8 Å². The zero-order valence-electron chi connectivity index (χ0n) is 11.9. The van der Waals surface area contributed by atoms with Crippen LogP contribution in [0.1, 0.15) is 21.5 Å². The van der Waals surface area contributed by atoms with Crippen molar-refractivity contribution in [3.63, 3.8) is 0 Å². The minimum Gasteiger partial charge on any atom is -0.398 e. The van der Waals surface area contributed by atoms with Crippen LogP contribution in [0.3, 0.4) is 0 Å². The van der Waals surface area contributed by atoms with Gasteiger partial charge in [0, 0.05) is 19.3 Å². The molecule has 21 heavy (non-hydrogen) atoms. The van der Waals surface area contributed by atoms with Gasteiger partial charge in [-0.05, 0) is 36.2 Å². The molecule has 2 aromatic carbocycles. The van der Waals surface area contributed by atoms with Gasteiger partial charge in [-0.1, -0.05) is 41.4 Å². The summed E-state index contributed by atoms with van der Waals surface area (Å²) in [6.45, 7) is 2.31. The average Bonchev–Trinajstić information content (AvgIpc) is 2.45. The molecule has 0 radical (unpaired) electrons. The first-order chi connectivity index (χ1) is 9.90. The number of halogens is 2. The first kappa shape index (κ1) is 15.7. The molecule has 0 aromatic heterocycles. The molecule has 0 aliphatic rings. The number of carbonyl (C=O) groups excluding carboxylic acids is 1.